The Morgan fingerprint density at radius 1 is 1.07 bits per heavy atom. The van der Waals surface area contributed by atoms with E-state index >= 15 is 0 Å². The fourth-order valence-corrected chi connectivity index (χ4v) is 4.45. The minimum absolute atomic E-state index is 0.492. The van der Waals surface area contributed by atoms with E-state index in [-0.39, 0.29) is 0 Å². The number of aliphatic hydroxyl groups excluding tert-OH is 1. The van der Waals surface area contributed by atoms with Crippen molar-refractivity contribution in [3.8, 4) is 0 Å². The predicted molar refractivity (Wildman–Crippen MR) is 123 cm³/mol. The monoisotopic (exact) mass is 399 g/mol. The molecule has 1 aliphatic carbocycles. The Kier molecular flexibility index (Phi) is 9.61. The third kappa shape index (κ3) is 8.86. The van der Waals surface area contributed by atoms with Crippen LogP contribution in [0.25, 0.3) is 0 Å². The van der Waals surface area contributed by atoms with Crippen molar-refractivity contribution in [3.63, 3.8) is 0 Å². The summed E-state index contributed by atoms with van der Waals surface area (Å²) in [5.74, 6) is 1.34. The molecule has 0 saturated carbocycles. The molecule has 1 aromatic carbocycles. The van der Waals surface area contributed by atoms with E-state index in [1.807, 2.05) is 13.8 Å². The summed E-state index contributed by atoms with van der Waals surface area (Å²) in [7, 11) is 1.00. The highest BCUT2D eigenvalue weighted by molar-refractivity contribution is 5.24. The van der Waals surface area contributed by atoms with Gasteiger partial charge in [-0.15, -0.1) is 0 Å². The molecular weight excluding hydrogens is 358 g/mol. The Morgan fingerprint density at radius 3 is 2.28 bits per heavy atom. The minimum atomic E-state index is -0.566. The zero-order valence-electron chi connectivity index (χ0n) is 18.9. The van der Waals surface area contributed by atoms with E-state index < -0.39 is 5.60 Å². The first-order valence-electron chi connectivity index (χ1n) is 11.2. The van der Waals surface area contributed by atoms with E-state index in [9.17, 15) is 5.11 Å². The molecule has 1 atom stereocenters. The fourth-order valence-electron chi connectivity index (χ4n) is 4.45. The van der Waals surface area contributed by atoms with Crippen LogP contribution in [0.3, 0.4) is 0 Å². The van der Waals surface area contributed by atoms with Crippen molar-refractivity contribution in [2.24, 2.45) is 11.8 Å². The summed E-state index contributed by atoms with van der Waals surface area (Å²) in [5, 5.41) is 17.0. The van der Waals surface area contributed by atoms with E-state index in [1.165, 1.54) is 55.6 Å². The zero-order chi connectivity index (χ0) is 21.3. The molecule has 0 radical (unpaired) electrons. The normalized spacial score (nSPS) is 20.8. The summed E-state index contributed by atoms with van der Waals surface area (Å²) in [5.41, 5.74) is 3.76. The molecule has 1 heterocycles. The van der Waals surface area contributed by atoms with Gasteiger partial charge in [-0.3, -0.25) is 0 Å². The van der Waals surface area contributed by atoms with Crippen LogP contribution in [0, 0.1) is 18.8 Å². The standard InChI is InChI=1S/C25H37NO.CH4O/c1-20-4-6-22(7-5-20)18-23-13-16-26(17-14-23)15-12-21-8-10-24(11-9-21)19-25(2,3)27;1-2/h4-10,23-24,27H,11-19H2,1-3H3;2H,1H3. The lowest BCUT2D eigenvalue weighted by Gasteiger charge is -2.32. The number of aryl methyl sites for hydroxylation is 1. The zero-order valence-corrected chi connectivity index (χ0v) is 18.9. The van der Waals surface area contributed by atoms with E-state index in [0.29, 0.717) is 5.92 Å². The first-order valence-corrected chi connectivity index (χ1v) is 11.2. The SMILES string of the molecule is CO.Cc1ccc(CC2CCN(CCC3=CCC(CC(C)(C)O)C=C3)CC2)cc1. The molecule has 0 aromatic heterocycles. The fraction of sp³-hybridized carbons (Fsp3) is 0.615. The van der Waals surface area contributed by atoms with Gasteiger partial charge in [-0.25, -0.2) is 0 Å². The van der Waals surface area contributed by atoms with Crippen molar-refractivity contribution in [2.45, 2.75) is 64.9 Å². The lowest BCUT2D eigenvalue weighted by molar-refractivity contribution is 0.0592. The van der Waals surface area contributed by atoms with Crippen LogP contribution in [0.1, 0.15) is 57.1 Å². The Labute approximate surface area is 178 Å². The molecule has 3 heteroatoms. The summed E-state index contributed by atoms with van der Waals surface area (Å²) >= 11 is 0. The molecule has 1 aliphatic heterocycles. The number of benzene rings is 1. The van der Waals surface area contributed by atoms with E-state index in [4.69, 9.17) is 5.11 Å². The minimum Gasteiger partial charge on any atom is -0.400 e. The largest absolute Gasteiger partial charge is 0.400 e. The van der Waals surface area contributed by atoms with Crippen LogP contribution in [0.5, 0.6) is 0 Å². The van der Waals surface area contributed by atoms with Crippen molar-refractivity contribution in [2.75, 3.05) is 26.7 Å². The quantitative estimate of drug-likeness (QED) is 0.684. The molecule has 29 heavy (non-hydrogen) atoms. The lowest BCUT2D eigenvalue weighted by atomic mass is 9.86. The Morgan fingerprint density at radius 2 is 1.72 bits per heavy atom. The van der Waals surface area contributed by atoms with Gasteiger partial charge in [0.2, 0.25) is 0 Å². The first kappa shape index (κ1) is 23.9. The summed E-state index contributed by atoms with van der Waals surface area (Å²) in [6.45, 7) is 9.64. The Balaban J connectivity index is 0.00000145. The summed E-state index contributed by atoms with van der Waals surface area (Å²) in [4.78, 5) is 2.64. The highest BCUT2D eigenvalue weighted by Gasteiger charge is 2.21. The van der Waals surface area contributed by atoms with Crippen LogP contribution in [0.4, 0.5) is 0 Å². The second-order valence-corrected chi connectivity index (χ2v) is 9.38. The van der Waals surface area contributed by atoms with Gasteiger partial charge in [0.25, 0.3) is 0 Å². The number of rotatable bonds is 7. The summed E-state index contributed by atoms with van der Waals surface area (Å²) in [6.07, 6.45) is 14.0. The second kappa shape index (κ2) is 11.7. The average Bonchev–Trinajstić information content (AvgIpc) is 2.71. The van der Waals surface area contributed by atoms with Crippen molar-refractivity contribution in [1.29, 1.82) is 0 Å². The number of allylic oxidation sites excluding steroid dienone is 3. The van der Waals surface area contributed by atoms with Gasteiger partial charge in [0.15, 0.2) is 0 Å². The van der Waals surface area contributed by atoms with E-state index in [1.54, 1.807) is 0 Å². The highest BCUT2D eigenvalue weighted by Crippen LogP contribution is 2.27. The van der Waals surface area contributed by atoms with Gasteiger partial charge in [-0.2, -0.15) is 0 Å². The van der Waals surface area contributed by atoms with E-state index in [0.717, 1.165) is 32.3 Å². The number of nitrogens with zero attached hydrogens (tertiary/aromatic N) is 1. The number of hydrogen-bond acceptors (Lipinski definition) is 3. The van der Waals surface area contributed by atoms with Gasteiger partial charge in [0.05, 0.1) is 5.60 Å². The van der Waals surface area contributed by atoms with Crippen molar-refractivity contribution < 1.29 is 10.2 Å². The van der Waals surface area contributed by atoms with Crippen LogP contribution in [0.15, 0.2) is 48.1 Å². The predicted octanol–water partition coefficient (Wildman–Crippen LogP) is 4.91. The van der Waals surface area contributed by atoms with Crippen molar-refractivity contribution in [3.05, 3.63) is 59.2 Å². The molecule has 0 spiro atoms. The van der Waals surface area contributed by atoms with Gasteiger partial charge in [-0.1, -0.05) is 53.6 Å². The molecule has 1 unspecified atom stereocenters. The Bertz CT molecular complexity index is 646. The maximum absolute atomic E-state index is 9.97. The number of likely N-dealkylation sites (tertiary alicyclic amines) is 1. The highest BCUT2D eigenvalue weighted by atomic mass is 16.3. The maximum Gasteiger partial charge on any atom is 0.0597 e. The topological polar surface area (TPSA) is 43.7 Å². The molecule has 1 aromatic rings. The van der Waals surface area contributed by atoms with Crippen molar-refractivity contribution in [1.82, 2.24) is 4.90 Å². The smallest absolute Gasteiger partial charge is 0.0597 e. The molecule has 1 fully saturated rings. The molecule has 162 valence electrons. The third-order valence-electron chi connectivity index (χ3n) is 6.10. The van der Waals surface area contributed by atoms with Crippen molar-refractivity contribution >= 4 is 0 Å². The molecule has 3 rings (SSSR count). The van der Waals surface area contributed by atoms with Gasteiger partial charge < -0.3 is 15.1 Å². The Hall–Kier alpha value is -1.42. The number of aliphatic hydroxyl groups is 2. The molecule has 2 N–H and O–H groups in total. The average molecular weight is 400 g/mol. The van der Waals surface area contributed by atoms with Crippen LogP contribution in [-0.4, -0.2) is 47.5 Å². The summed E-state index contributed by atoms with van der Waals surface area (Å²) < 4.78 is 0. The van der Waals surface area contributed by atoms with Crippen LogP contribution in [-0.2, 0) is 6.42 Å². The second-order valence-electron chi connectivity index (χ2n) is 9.38. The summed E-state index contributed by atoms with van der Waals surface area (Å²) in [6, 6.07) is 9.08. The van der Waals surface area contributed by atoms with Gasteiger partial charge in [-0.05, 0) is 89.8 Å². The van der Waals surface area contributed by atoms with Gasteiger partial charge >= 0.3 is 0 Å². The molecule has 3 nitrogen and oxygen atoms in total. The van der Waals surface area contributed by atoms with E-state index in [2.05, 4.69) is 54.3 Å². The molecule has 1 saturated heterocycles. The molecular formula is C26H41NO2. The van der Waals surface area contributed by atoms with Crippen LogP contribution < -0.4 is 0 Å². The molecule has 0 bridgehead atoms. The number of hydrogen-bond donors (Lipinski definition) is 2. The maximum atomic E-state index is 9.97. The lowest BCUT2D eigenvalue weighted by Crippen LogP contribution is -2.35. The van der Waals surface area contributed by atoms with Crippen LogP contribution in [0.2, 0.25) is 0 Å². The third-order valence-corrected chi connectivity index (χ3v) is 6.10. The van der Waals surface area contributed by atoms with Gasteiger partial charge in [0, 0.05) is 13.7 Å². The number of piperidine rings is 1. The molecule has 2 aliphatic rings. The molecule has 0 amide bonds. The first-order chi connectivity index (χ1) is 13.9. The van der Waals surface area contributed by atoms with Crippen LogP contribution >= 0.6 is 0 Å². The van der Waals surface area contributed by atoms with Gasteiger partial charge in [0.1, 0.15) is 0 Å².